The fourth-order valence-electron chi connectivity index (χ4n) is 1.74. The van der Waals surface area contributed by atoms with Crippen LogP contribution in [0.25, 0.3) is 0 Å². The summed E-state index contributed by atoms with van der Waals surface area (Å²) in [6.07, 6.45) is -0.707. The normalized spacial score (nSPS) is 11.6. The second-order valence-electron chi connectivity index (χ2n) is 4.09. The fraction of sp³-hybridized carbons (Fsp3) is 0.188. The summed E-state index contributed by atoms with van der Waals surface area (Å²) in [4.78, 5) is 0. The maximum atomic E-state index is 9.09. The summed E-state index contributed by atoms with van der Waals surface area (Å²) in [7, 11) is 0. The zero-order valence-corrected chi connectivity index (χ0v) is 10.9. The van der Waals surface area contributed by atoms with Gasteiger partial charge < -0.3 is 14.6 Å². The van der Waals surface area contributed by atoms with E-state index in [1.54, 1.807) is 18.2 Å². The lowest BCUT2D eigenvalue weighted by Crippen LogP contribution is -2.06. The SMILES string of the molecule is N#CC(OCCO)c1cccc(Oc2ccccc2)c1. The molecule has 0 fully saturated rings. The molecule has 1 N–H and O–H groups in total. The van der Waals surface area contributed by atoms with Crippen molar-refractivity contribution in [1.29, 1.82) is 5.26 Å². The van der Waals surface area contributed by atoms with Crippen molar-refractivity contribution in [3.8, 4) is 17.6 Å². The van der Waals surface area contributed by atoms with Gasteiger partial charge in [-0.25, -0.2) is 0 Å². The van der Waals surface area contributed by atoms with E-state index in [2.05, 4.69) is 6.07 Å². The highest BCUT2D eigenvalue weighted by Crippen LogP contribution is 2.25. The maximum absolute atomic E-state index is 9.09. The van der Waals surface area contributed by atoms with Crippen LogP contribution >= 0.6 is 0 Å². The lowest BCUT2D eigenvalue weighted by Gasteiger charge is -2.12. The van der Waals surface area contributed by atoms with Gasteiger partial charge in [0, 0.05) is 0 Å². The third kappa shape index (κ3) is 3.82. The highest BCUT2D eigenvalue weighted by atomic mass is 16.5. The van der Waals surface area contributed by atoms with Gasteiger partial charge in [-0.1, -0.05) is 30.3 Å². The van der Waals surface area contributed by atoms with E-state index in [1.807, 2.05) is 36.4 Å². The summed E-state index contributed by atoms with van der Waals surface area (Å²) in [6, 6.07) is 18.6. The van der Waals surface area contributed by atoms with Gasteiger partial charge in [-0.2, -0.15) is 5.26 Å². The second-order valence-corrected chi connectivity index (χ2v) is 4.09. The van der Waals surface area contributed by atoms with Crippen molar-refractivity contribution in [2.45, 2.75) is 6.10 Å². The van der Waals surface area contributed by atoms with Crippen LogP contribution in [0.2, 0.25) is 0 Å². The smallest absolute Gasteiger partial charge is 0.169 e. The van der Waals surface area contributed by atoms with Crippen molar-refractivity contribution >= 4 is 0 Å². The topological polar surface area (TPSA) is 62.5 Å². The number of rotatable bonds is 6. The number of para-hydroxylation sites is 1. The molecule has 0 aliphatic heterocycles. The molecule has 0 spiro atoms. The molecule has 0 saturated heterocycles. The molecule has 0 aromatic heterocycles. The fourth-order valence-corrected chi connectivity index (χ4v) is 1.74. The molecule has 2 aromatic rings. The molecule has 4 heteroatoms. The van der Waals surface area contributed by atoms with Gasteiger partial charge in [-0.05, 0) is 29.8 Å². The molecule has 0 bridgehead atoms. The Balaban J connectivity index is 2.13. The van der Waals surface area contributed by atoms with E-state index in [0.717, 1.165) is 5.75 Å². The van der Waals surface area contributed by atoms with Gasteiger partial charge in [0.05, 0.1) is 19.3 Å². The lowest BCUT2D eigenvalue weighted by atomic mass is 10.1. The van der Waals surface area contributed by atoms with Gasteiger partial charge in [0.1, 0.15) is 11.5 Å². The average Bonchev–Trinajstić information content (AvgIpc) is 2.49. The van der Waals surface area contributed by atoms with Crippen LogP contribution in [0.4, 0.5) is 0 Å². The molecule has 0 saturated carbocycles. The quantitative estimate of drug-likeness (QED) is 0.875. The zero-order valence-electron chi connectivity index (χ0n) is 10.9. The Labute approximate surface area is 117 Å². The van der Waals surface area contributed by atoms with Crippen LogP contribution in [0.5, 0.6) is 11.5 Å². The van der Waals surface area contributed by atoms with Crippen molar-refractivity contribution in [2.75, 3.05) is 13.2 Å². The van der Waals surface area contributed by atoms with Gasteiger partial charge in [0.25, 0.3) is 0 Å². The molecule has 0 heterocycles. The first kappa shape index (κ1) is 14.1. The number of aliphatic hydroxyl groups excluding tert-OH is 1. The molecule has 4 nitrogen and oxygen atoms in total. The number of aliphatic hydroxyl groups is 1. The molecule has 1 unspecified atom stereocenters. The van der Waals surface area contributed by atoms with Crippen molar-refractivity contribution in [3.63, 3.8) is 0 Å². The maximum Gasteiger partial charge on any atom is 0.169 e. The first-order chi connectivity index (χ1) is 9.83. The number of nitrogens with zero attached hydrogens (tertiary/aromatic N) is 1. The third-order valence-electron chi connectivity index (χ3n) is 2.63. The Morgan fingerprint density at radius 1 is 1.05 bits per heavy atom. The minimum Gasteiger partial charge on any atom is -0.457 e. The van der Waals surface area contributed by atoms with E-state index in [-0.39, 0.29) is 13.2 Å². The van der Waals surface area contributed by atoms with Gasteiger partial charge >= 0.3 is 0 Å². The van der Waals surface area contributed by atoms with E-state index >= 15 is 0 Å². The Bertz CT molecular complexity index is 578. The first-order valence-corrected chi connectivity index (χ1v) is 6.28. The van der Waals surface area contributed by atoms with Crippen LogP contribution in [0.15, 0.2) is 54.6 Å². The molecule has 2 aromatic carbocycles. The number of hydrogen-bond acceptors (Lipinski definition) is 4. The van der Waals surface area contributed by atoms with Gasteiger partial charge in [-0.3, -0.25) is 0 Å². The molecule has 2 rings (SSSR count). The predicted octanol–water partition coefficient (Wildman–Crippen LogP) is 3.05. The van der Waals surface area contributed by atoms with E-state index < -0.39 is 6.10 Å². The van der Waals surface area contributed by atoms with Gasteiger partial charge in [-0.15, -0.1) is 0 Å². The van der Waals surface area contributed by atoms with Gasteiger partial charge in [0.15, 0.2) is 6.10 Å². The van der Waals surface area contributed by atoms with Crippen LogP contribution in [0.1, 0.15) is 11.7 Å². The number of hydrogen-bond donors (Lipinski definition) is 1. The Kier molecular flexibility index (Phi) is 5.13. The number of nitriles is 1. The highest BCUT2D eigenvalue weighted by Gasteiger charge is 2.11. The largest absolute Gasteiger partial charge is 0.457 e. The average molecular weight is 269 g/mol. The molecule has 20 heavy (non-hydrogen) atoms. The molecule has 0 radical (unpaired) electrons. The van der Waals surface area contributed by atoms with Crippen molar-refractivity contribution in [3.05, 3.63) is 60.2 Å². The van der Waals surface area contributed by atoms with Crippen molar-refractivity contribution in [2.24, 2.45) is 0 Å². The third-order valence-corrected chi connectivity index (χ3v) is 2.63. The van der Waals surface area contributed by atoms with E-state index in [0.29, 0.717) is 11.3 Å². The van der Waals surface area contributed by atoms with Crippen LogP contribution < -0.4 is 4.74 Å². The Morgan fingerprint density at radius 3 is 2.50 bits per heavy atom. The minimum atomic E-state index is -0.707. The zero-order chi connectivity index (χ0) is 14.2. The summed E-state index contributed by atoms with van der Waals surface area (Å²) in [6.45, 7) is 0.0143. The second kappa shape index (κ2) is 7.29. The molecular formula is C16H15NO3. The van der Waals surface area contributed by atoms with E-state index in [4.69, 9.17) is 19.8 Å². The first-order valence-electron chi connectivity index (χ1n) is 6.28. The van der Waals surface area contributed by atoms with Crippen LogP contribution in [-0.2, 0) is 4.74 Å². The molecule has 1 atom stereocenters. The molecule has 0 aliphatic carbocycles. The molecule has 0 aliphatic rings. The van der Waals surface area contributed by atoms with Crippen molar-refractivity contribution in [1.82, 2.24) is 0 Å². The monoisotopic (exact) mass is 269 g/mol. The Morgan fingerprint density at radius 2 is 1.80 bits per heavy atom. The predicted molar refractivity (Wildman–Crippen MR) is 74.3 cm³/mol. The molecule has 102 valence electrons. The number of ether oxygens (including phenoxy) is 2. The van der Waals surface area contributed by atoms with Crippen molar-refractivity contribution < 1.29 is 14.6 Å². The Hall–Kier alpha value is -2.35. The van der Waals surface area contributed by atoms with Crippen LogP contribution in [-0.4, -0.2) is 18.3 Å². The minimum absolute atomic E-state index is 0.113. The number of benzene rings is 2. The molecular weight excluding hydrogens is 254 g/mol. The van der Waals surface area contributed by atoms with E-state index in [1.165, 1.54) is 0 Å². The summed E-state index contributed by atoms with van der Waals surface area (Å²) in [5.74, 6) is 1.37. The molecule has 0 amide bonds. The standard InChI is InChI=1S/C16H15NO3/c17-12-16(19-10-9-18)13-5-4-8-15(11-13)20-14-6-2-1-3-7-14/h1-8,11,16,18H,9-10H2. The lowest BCUT2D eigenvalue weighted by molar-refractivity contribution is 0.0580. The summed E-state index contributed by atoms with van der Waals surface area (Å²) >= 11 is 0. The van der Waals surface area contributed by atoms with Crippen LogP contribution in [0.3, 0.4) is 0 Å². The van der Waals surface area contributed by atoms with Crippen LogP contribution in [0, 0.1) is 11.3 Å². The summed E-state index contributed by atoms with van der Waals surface area (Å²) in [5.41, 5.74) is 0.703. The van der Waals surface area contributed by atoms with Gasteiger partial charge in [0.2, 0.25) is 0 Å². The highest BCUT2D eigenvalue weighted by molar-refractivity contribution is 5.36. The van der Waals surface area contributed by atoms with E-state index in [9.17, 15) is 0 Å². The summed E-state index contributed by atoms with van der Waals surface area (Å²) < 4.78 is 11.0. The summed E-state index contributed by atoms with van der Waals surface area (Å²) in [5, 5.41) is 17.8.